The van der Waals surface area contributed by atoms with Gasteiger partial charge in [-0.05, 0) is 35.9 Å². The zero-order chi connectivity index (χ0) is 20.6. The number of benzene rings is 2. The van der Waals surface area contributed by atoms with Crippen molar-refractivity contribution in [1.82, 2.24) is 4.98 Å². The Balaban J connectivity index is 1.66. The van der Waals surface area contributed by atoms with Gasteiger partial charge in [-0.2, -0.15) is 0 Å². The van der Waals surface area contributed by atoms with E-state index in [4.69, 9.17) is 4.74 Å². The Hall–Kier alpha value is -2.75. The Morgan fingerprint density at radius 2 is 1.75 bits per heavy atom. The van der Waals surface area contributed by atoms with Gasteiger partial charge in [-0.1, -0.05) is 31.6 Å². The molecule has 1 heterocycles. The van der Waals surface area contributed by atoms with Crippen LogP contribution < -0.4 is 10.1 Å². The summed E-state index contributed by atoms with van der Waals surface area (Å²) in [6.07, 6.45) is 1.89. The highest BCUT2D eigenvalue weighted by Gasteiger charge is 2.65. The van der Waals surface area contributed by atoms with Gasteiger partial charge in [0.05, 0.1) is 12.3 Å². The second kappa shape index (κ2) is 6.13. The van der Waals surface area contributed by atoms with Crippen LogP contribution in [0.1, 0.15) is 12.5 Å². The van der Waals surface area contributed by atoms with Gasteiger partial charge in [-0.25, -0.2) is 0 Å². The predicted molar refractivity (Wildman–Crippen MR) is 99.6 cm³/mol. The molecule has 0 radical (unpaired) electrons. The summed E-state index contributed by atoms with van der Waals surface area (Å²) < 4.78 is 69.2. The molecule has 0 saturated heterocycles. The lowest BCUT2D eigenvalue weighted by Gasteiger charge is -2.40. The number of hydrogen-bond acceptors (Lipinski definition) is 2. The van der Waals surface area contributed by atoms with E-state index in [1.807, 2.05) is 0 Å². The van der Waals surface area contributed by atoms with Crippen molar-refractivity contribution in [2.24, 2.45) is 0 Å². The van der Waals surface area contributed by atoms with Crippen LogP contribution in [-0.2, 0) is 11.2 Å². The van der Waals surface area contributed by atoms with Crippen LogP contribution in [0.4, 0.5) is 25.1 Å². The maximum atomic E-state index is 12.7. The summed E-state index contributed by atoms with van der Waals surface area (Å²) in [4.78, 5) is 12.3. The average molecular weight is 420 g/mol. The van der Waals surface area contributed by atoms with Gasteiger partial charge in [0.1, 0.15) is 10.6 Å². The number of aromatic amines is 1. The molecule has 3 rings (SSSR count). The SMILES string of the molecule is CC(=O)Nc1c[nH]c2ccc(OCCc3ccc(S(F)(F)(F)(F)F)cc3)cc12. The Labute approximate surface area is 157 Å². The van der Waals surface area contributed by atoms with Crippen molar-refractivity contribution in [1.29, 1.82) is 0 Å². The molecule has 0 saturated carbocycles. The molecule has 2 aromatic carbocycles. The van der Waals surface area contributed by atoms with E-state index < -0.39 is 15.1 Å². The zero-order valence-corrected chi connectivity index (χ0v) is 15.5. The molecule has 1 amide bonds. The highest BCUT2D eigenvalue weighted by molar-refractivity contribution is 8.45. The molecular formula is C18H17F5N2O2S. The molecule has 0 fully saturated rings. The average Bonchev–Trinajstić information content (AvgIpc) is 2.95. The summed E-state index contributed by atoms with van der Waals surface area (Å²) in [5.41, 5.74) is 1.83. The number of amides is 1. The molecule has 1 aromatic heterocycles. The summed E-state index contributed by atoms with van der Waals surface area (Å²) in [6, 6.07) is 7.99. The summed E-state index contributed by atoms with van der Waals surface area (Å²) in [5.74, 6) is 0.282. The van der Waals surface area contributed by atoms with E-state index in [1.165, 1.54) is 6.92 Å². The number of carbonyl (C=O) groups excluding carboxylic acids is 1. The van der Waals surface area contributed by atoms with Crippen LogP contribution >= 0.6 is 10.2 Å². The van der Waals surface area contributed by atoms with E-state index in [-0.39, 0.29) is 18.9 Å². The quantitative estimate of drug-likeness (QED) is 0.453. The molecule has 0 unspecified atom stereocenters. The van der Waals surface area contributed by atoms with Crippen molar-refractivity contribution in [2.45, 2.75) is 18.2 Å². The molecule has 0 aliphatic rings. The van der Waals surface area contributed by atoms with Gasteiger partial charge >= 0.3 is 10.2 Å². The molecule has 4 nitrogen and oxygen atoms in total. The largest absolute Gasteiger partial charge is 0.493 e. The van der Waals surface area contributed by atoms with Crippen molar-refractivity contribution in [3.8, 4) is 5.75 Å². The fraction of sp³-hybridized carbons (Fsp3) is 0.167. The number of ether oxygens (including phenoxy) is 1. The Bertz CT molecular complexity index is 1030. The van der Waals surface area contributed by atoms with Crippen LogP contribution in [0, 0.1) is 0 Å². The fourth-order valence-electron chi connectivity index (χ4n) is 2.68. The van der Waals surface area contributed by atoms with E-state index in [1.54, 1.807) is 24.4 Å². The van der Waals surface area contributed by atoms with Crippen LogP contribution in [0.3, 0.4) is 0 Å². The standard InChI is InChI=1S/C18H17F5N2O2S/c1-12(26)25-18-11-24-17-7-4-14(10-16(17)18)27-9-8-13-2-5-15(6-3-13)28(19,20,21,22)23/h2-7,10-11,24H,8-9H2,1H3,(H,25,26). The van der Waals surface area contributed by atoms with Gasteiger partial charge < -0.3 is 15.0 Å². The number of fused-ring (bicyclic) bond motifs is 1. The highest BCUT2D eigenvalue weighted by Crippen LogP contribution is 3.02. The van der Waals surface area contributed by atoms with Crippen molar-refractivity contribution in [2.75, 3.05) is 11.9 Å². The van der Waals surface area contributed by atoms with Crippen molar-refractivity contribution >= 4 is 32.7 Å². The number of H-pyrrole nitrogens is 1. The summed E-state index contributed by atoms with van der Waals surface area (Å²) in [7, 11) is -9.65. The smallest absolute Gasteiger partial charge is 0.310 e. The molecule has 3 aromatic rings. The van der Waals surface area contributed by atoms with Crippen molar-refractivity contribution in [3.05, 3.63) is 54.2 Å². The molecule has 0 aliphatic heterocycles. The van der Waals surface area contributed by atoms with Gasteiger partial charge in [0, 0.05) is 30.4 Å². The Kier molecular flexibility index (Phi) is 4.38. The number of aromatic nitrogens is 1. The van der Waals surface area contributed by atoms with Gasteiger partial charge in [0.2, 0.25) is 5.91 Å². The third kappa shape index (κ3) is 4.75. The van der Waals surface area contributed by atoms with Crippen LogP contribution in [-0.4, -0.2) is 17.5 Å². The maximum absolute atomic E-state index is 12.7. The molecule has 152 valence electrons. The minimum Gasteiger partial charge on any atom is -0.493 e. The molecule has 10 heteroatoms. The first-order valence-corrected chi connectivity index (χ1v) is 10.1. The minimum absolute atomic E-state index is 0.140. The van der Waals surface area contributed by atoms with Crippen LogP contribution in [0.5, 0.6) is 5.75 Å². The van der Waals surface area contributed by atoms with E-state index in [2.05, 4.69) is 10.3 Å². The van der Waals surface area contributed by atoms with Crippen molar-refractivity contribution < 1.29 is 29.0 Å². The normalized spacial score (nSPS) is 14.4. The number of anilines is 1. The highest BCUT2D eigenvalue weighted by atomic mass is 32.5. The van der Waals surface area contributed by atoms with Crippen LogP contribution in [0.25, 0.3) is 10.9 Å². The number of carbonyl (C=O) groups is 1. The first kappa shape index (κ1) is 20.0. The number of nitrogens with one attached hydrogen (secondary N) is 2. The number of rotatable bonds is 6. The molecular weight excluding hydrogens is 403 g/mol. The van der Waals surface area contributed by atoms with E-state index >= 15 is 0 Å². The summed E-state index contributed by atoms with van der Waals surface area (Å²) in [6.45, 7) is 1.53. The third-order valence-electron chi connectivity index (χ3n) is 3.99. The first-order valence-electron chi connectivity index (χ1n) is 8.16. The topological polar surface area (TPSA) is 54.1 Å². The molecule has 28 heavy (non-hydrogen) atoms. The molecule has 0 aliphatic carbocycles. The third-order valence-corrected chi connectivity index (χ3v) is 5.16. The van der Waals surface area contributed by atoms with Crippen LogP contribution in [0.2, 0.25) is 0 Å². The fourth-order valence-corrected chi connectivity index (χ4v) is 3.33. The molecule has 0 bridgehead atoms. The van der Waals surface area contributed by atoms with E-state index in [0.717, 1.165) is 23.0 Å². The zero-order valence-electron chi connectivity index (χ0n) is 14.6. The second-order valence-electron chi connectivity index (χ2n) is 6.30. The second-order valence-corrected chi connectivity index (χ2v) is 8.71. The maximum Gasteiger partial charge on any atom is 0.310 e. The first-order chi connectivity index (χ1) is 12.8. The van der Waals surface area contributed by atoms with Gasteiger partial charge in [0.15, 0.2) is 0 Å². The van der Waals surface area contributed by atoms with E-state index in [0.29, 0.717) is 29.1 Å². The minimum atomic E-state index is -9.65. The number of halogens is 5. The lowest BCUT2D eigenvalue weighted by atomic mass is 10.2. The Morgan fingerprint density at radius 1 is 1.07 bits per heavy atom. The van der Waals surface area contributed by atoms with Crippen molar-refractivity contribution in [3.63, 3.8) is 0 Å². The monoisotopic (exact) mass is 420 g/mol. The summed E-state index contributed by atoms with van der Waals surface area (Å²) in [5, 5.41) is 3.43. The lowest BCUT2D eigenvalue weighted by Crippen LogP contribution is -2.06. The van der Waals surface area contributed by atoms with Gasteiger partial charge in [0.25, 0.3) is 0 Å². The summed E-state index contributed by atoms with van der Waals surface area (Å²) >= 11 is 0. The lowest BCUT2D eigenvalue weighted by molar-refractivity contribution is -0.114. The van der Waals surface area contributed by atoms with Gasteiger partial charge in [-0.3, -0.25) is 4.79 Å². The predicted octanol–water partition coefficient (Wildman–Crippen LogP) is 6.41. The van der Waals surface area contributed by atoms with Crippen LogP contribution in [0.15, 0.2) is 53.6 Å². The Morgan fingerprint density at radius 3 is 2.36 bits per heavy atom. The molecule has 0 spiro atoms. The molecule has 2 N–H and O–H groups in total. The van der Waals surface area contributed by atoms with E-state index in [9.17, 15) is 24.2 Å². The molecule has 0 atom stereocenters. The number of hydrogen-bond donors (Lipinski definition) is 2. The van der Waals surface area contributed by atoms with Gasteiger partial charge in [-0.15, -0.1) is 0 Å².